The van der Waals surface area contributed by atoms with Crippen LogP contribution < -0.4 is 4.90 Å². The molecule has 0 radical (unpaired) electrons. The van der Waals surface area contributed by atoms with Crippen LogP contribution >= 0.6 is 0 Å². The molecule has 0 aliphatic carbocycles. The number of halogens is 6. The summed E-state index contributed by atoms with van der Waals surface area (Å²) in [5, 5.41) is 0. The van der Waals surface area contributed by atoms with Gasteiger partial charge in [-0.15, -0.1) is 0 Å². The molecule has 0 bridgehead atoms. The topological polar surface area (TPSA) is 65.1 Å². The smallest absolute Gasteiger partial charge is 0.417 e. The number of alkyl halides is 6. The highest BCUT2D eigenvalue weighted by atomic mass is 19.4. The lowest BCUT2D eigenvalue weighted by Gasteiger charge is -2.32. The van der Waals surface area contributed by atoms with Crippen molar-refractivity contribution in [2.24, 2.45) is 0 Å². The molecule has 0 spiro atoms. The van der Waals surface area contributed by atoms with E-state index in [0.29, 0.717) is 0 Å². The van der Waals surface area contributed by atoms with E-state index < -0.39 is 60.1 Å². The van der Waals surface area contributed by atoms with Crippen molar-refractivity contribution < 1.29 is 50.1 Å². The normalized spacial score (nSPS) is 15.5. The van der Waals surface area contributed by atoms with E-state index in [4.69, 9.17) is 4.74 Å². The van der Waals surface area contributed by atoms with Crippen LogP contribution in [0.3, 0.4) is 0 Å². The van der Waals surface area contributed by atoms with Crippen LogP contribution in [0.4, 0.5) is 32.0 Å². The van der Waals surface area contributed by atoms with E-state index in [1.165, 1.54) is 0 Å². The number of methoxy groups -OCH3 is 2. The number of carbonyl (C=O) groups is 2. The Bertz CT molecular complexity index is 815. The molecule has 0 saturated carbocycles. The zero-order valence-electron chi connectivity index (χ0n) is 14.4. The molecular formula is C16H13F6NO5. The number of esters is 2. The number of hydrogen-bond donors (Lipinski definition) is 0. The first kappa shape index (κ1) is 21.5. The highest BCUT2D eigenvalue weighted by Gasteiger charge is 2.44. The van der Waals surface area contributed by atoms with Gasteiger partial charge in [0.15, 0.2) is 0 Å². The van der Waals surface area contributed by atoms with Crippen molar-refractivity contribution in [3.8, 4) is 0 Å². The van der Waals surface area contributed by atoms with Crippen LogP contribution in [0, 0.1) is 0 Å². The van der Waals surface area contributed by atoms with E-state index in [2.05, 4.69) is 9.47 Å². The molecule has 0 fully saturated rings. The summed E-state index contributed by atoms with van der Waals surface area (Å²) < 4.78 is 92.5. The first-order valence-corrected chi connectivity index (χ1v) is 7.45. The quantitative estimate of drug-likeness (QED) is 0.561. The molecule has 1 aliphatic heterocycles. The molecule has 28 heavy (non-hydrogen) atoms. The Morgan fingerprint density at radius 1 is 0.964 bits per heavy atom. The van der Waals surface area contributed by atoms with Crippen LogP contribution in [0.5, 0.6) is 0 Å². The lowest BCUT2D eigenvalue weighted by atomic mass is 10.0. The molecule has 0 atom stereocenters. The molecule has 0 amide bonds. The predicted molar refractivity (Wildman–Crippen MR) is 80.8 cm³/mol. The minimum absolute atomic E-state index is 0.218. The summed E-state index contributed by atoms with van der Waals surface area (Å²) in [7, 11) is 1.97. The molecule has 154 valence electrons. The third kappa shape index (κ3) is 4.21. The minimum atomic E-state index is -5.32. The Hall–Kier alpha value is -2.76. The first-order chi connectivity index (χ1) is 12.9. The summed E-state index contributed by atoms with van der Waals surface area (Å²) in [5.74, 6) is -2.11. The second kappa shape index (κ2) is 7.70. The Balaban J connectivity index is 2.68. The zero-order valence-corrected chi connectivity index (χ0v) is 14.4. The van der Waals surface area contributed by atoms with Gasteiger partial charge in [-0.25, -0.2) is 9.59 Å². The molecule has 12 heteroatoms. The van der Waals surface area contributed by atoms with Crippen LogP contribution in [-0.2, 0) is 36.2 Å². The van der Waals surface area contributed by atoms with E-state index in [0.717, 1.165) is 25.2 Å². The van der Waals surface area contributed by atoms with Crippen molar-refractivity contribution in [3.63, 3.8) is 0 Å². The molecule has 1 aromatic rings. The van der Waals surface area contributed by atoms with Gasteiger partial charge in [0, 0.05) is 5.69 Å². The molecule has 1 aromatic carbocycles. The van der Waals surface area contributed by atoms with Gasteiger partial charge in [-0.05, 0) is 18.2 Å². The minimum Gasteiger partial charge on any atom is -0.466 e. The molecule has 0 unspecified atom stereocenters. The van der Waals surface area contributed by atoms with Crippen molar-refractivity contribution in [2.75, 3.05) is 32.5 Å². The van der Waals surface area contributed by atoms with Crippen molar-refractivity contribution in [3.05, 3.63) is 40.6 Å². The molecular weight excluding hydrogens is 400 g/mol. The van der Waals surface area contributed by atoms with Gasteiger partial charge in [0.1, 0.15) is 12.4 Å². The number of rotatable bonds is 3. The number of ether oxygens (including phenoxy) is 3. The first-order valence-electron chi connectivity index (χ1n) is 7.45. The SMILES string of the molecule is COC(=O)C1=C(C(=O)OC)N(c2ccc(C(F)(F)F)c(C(F)(F)F)c2)COC1. The summed E-state index contributed by atoms with van der Waals surface area (Å²) in [5.41, 5.74) is -5.14. The number of hydrogen-bond acceptors (Lipinski definition) is 6. The van der Waals surface area contributed by atoms with Gasteiger partial charge in [0.25, 0.3) is 0 Å². The summed E-state index contributed by atoms with van der Waals surface area (Å²) in [6, 6.07) is 1.18. The van der Waals surface area contributed by atoms with Gasteiger partial charge in [-0.2, -0.15) is 26.3 Å². The fraction of sp³-hybridized carbons (Fsp3) is 0.375. The standard InChI is InChI=1S/C16H13F6NO5/c1-26-13(24)9-6-28-7-23(12(9)14(25)27-2)8-3-4-10(15(17,18)19)11(5-8)16(20,21)22/h3-5H,6-7H2,1-2H3. The summed E-state index contributed by atoms with van der Waals surface area (Å²) in [4.78, 5) is 24.8. The van der Waals surface area contributed by atoms with Crippen LogP contribution in [0.25, 0.3) is 0 Å². The molecule has 0 saturated heterocycles. The maximum absolute atomic E-state index is 13.2. The predicted octanol–water partition coefficient (Wildman–Crippen LogP) is 3.12. The van der Waals surface area contributed by atoms with Crippen molar-refractivity contribution in [2.45, 2.75) is 12.4 Å². The van der Waals surface area contributed by atoms with Crippen LogP contribution in [0.2, 0.25) is 0 Å². The second-order valence-electron chi connectivity index (χ2n) is 5.44. The van der Waals surface area contributed by atoms with Gasteiger partial charge < -0.3 is 19.1 Å². The van der Waals surface area contributed by atoms with Crippen molar-refractivity contribution in [1.29, 1.82) is 0 Å². The maximum Gasteiger partial charge on any atom is 0.417 e. The van der Waals surface area contributed by atoms with Gasteiger partial charge in [0.2, 0.25) is 0 Å². The lowest BCUT2D eigenvalue weighted by Crippen LogP contribution is -2.39. The number of anilines is 1. The summed E-state index contributed by atoms with van der Waals surface area (Å²) in [6.07, 6.45) is -10.6. The fourth-order valence-electron chi connectivity index (χ4n) is 2.53. The number of benzene rings is 1. The van der Waals surface area contributed by atoms with E-state index >= 15 is 0 Å². The van der Waals surface area contributed by atoms with E-state index in [-0.39, 0.29) is 17.7 Å². The van der Waals surface area contributed by atoms with Gasteiger partial charge in [0.05, 0.1) is 37.5 Å². The third-order valence-electron chi connectivity index (χ3n) is 3.76. The number of nitrogens with zero attached hydrogens (tertiary/aromatic N) is 1. The third-order valence-corrected chi connectivity index (χ3v) is 3.76. The van der Waals surface area contributed by atoms with Crippen LogP contribution in [0.1, 0.15) is 11.1 Å². The molecule has 1 aliphatic rings. The van der Waals surface area contributed by atoms with Gasteiger partial charge in [-0.3, -0.25) is 0 Å². The van der Waals surface area contributed by atoms with E-state index in [9.17, 15) is 35.9 Å². The van der Waals surface area contributed by atoms with Gasteiger partial charge >= 0.3 is 24.3 Å². The monoisotopic (exact) mass is 413 g/mol. The van der Waals surface area contributed by atoms with E-state index in [1.807, 2.05) is 0 Å². The summed E-state index contributed by atoms with van der Waals surface area (Å²) >= 11 is 0. The second-order valence-corrected chi connectivity index (χ2v) is 5.44. The molecule has 1 heterocycles. The largest absolute Gasteiger partial charge is 0.466 e. The maximum atomic E-state index is 13.2. The van der Waals surface area contributed by atoms with E-state index in [1.54, 1.807) is 0 Å². The lowest BCUT2D eigenvalue weighted by molar-refractivity contribution is -0.162. The number of carbonyl (C=O) groups excluding carboxylic acids is 2. The van der Waals surface area contributed by atoms with Crippen molar-refractivity contribution >= 4 is 17.6 Å². The Labute approximate surface area is 154 Å². The fourth-order valence-corrected chi connectivity index (χ4v) is 2.53. The molecule has 0 aromatic heterocycles. The highest BCUT2D eigenvalue weighted by molar-refractivity contribution is 6.03. The highest BCUT2D eigenvalue weighted by Crippen LogP contribution is 2.42. The summed E-state index contributed by atoms with van der Waals surface area (Å²) in [6.45, 7) is -0.909. The zero-order chi connectivity index (χ0) is 21.3. The van der Waals surface area contributed by atoms with Crippen molar-refractivity contribution in [1.82, 2.24) is 0 Å². The molecule has 2 rings (SSSR count). The van der Waals surface area contributed by atoms with Crippen LogP contribution in [-0.4, -0.2) is 39.5 Å². The Morgan fingerprint density at radius 3 is 2.04 bits per heavy atom. The Morgan fingerprint density at radius 2 is 1.54 bits per heavy atom. The Kier molecular flexibility index (Phi) is 5.92. The average Bonchev–Trinajstić information content (AvgIpc) is 2.64. The van der Waals surface area contributed by atoms with Gasteiger partial charge in [-0.1, -0.05) is 0 Å². The molecule has 6 nitrogen and oxygen atoms in total. The average molecular weight is 413 g/mol. The molecule has 0 N–H and O–H groups in total. The van der Waals surface area contributed by atoms with Crippen LogP contribution in [0.15, 0.2) is 29.5 Å².